The number of methoxy groups -OCH3 is 1. The Morgan fingerprint density at radius 3 is 2.59 bits per heavy atom. The Balaban J connectivity index is 1.92. The minimum Gasteiger partial charge on any atom is -0.493 e. The monoisotopic (exact) mass is 549 g/mol. The van der Waals surface area contributed by atoms with Crippen LogP contribution < -0.4 is 14.8 Å². The number of hydrogen-bond acceptors (Lipinski definition) is 6. The van der Waals surface area contributed by atoms with Gasteiger partial charge in [-0.15, -0.1) is 0 Å². The lowest BCUT2D eigenvalue weighted by atomic mass is 10.1. The summed E-state index contributed by atoms with van der Waals surface area (Å²) in [6.45, 7) is 2.58. The molecule has 2 heterocycles. The number of pyridine rings is 1. The maximum absolute atomic E-state index is 8.19. The molecule has 156 valence electrons. The van der Waals surface area contributed by atoms with Gasteiger partial charge in [0.25, 0.3) is 0 Å². The molecular formula is C20H22Cl2IN3O3. The molecule has 9 heteroatoms. The van der Waals surface area contributed by atoms with Gasteiger partial charge in [-0.2, -0.15) is 0 Å². The van der Waals surface area contributed by atoms with E-state index in [4.69, 9.17) is 42.8 Å². The summed E-state index contributed by atoms with van der Waals surface area (Å²) in [6, 6.07) is 3.62. The molecule has 1 fully saturated rings. The van der Waals surface area contributed by atoms with Gasteiger partial charge < -0.3 is 19.5 Å². The molecule has 29 heavy (non-hydrogen) atoms. The molecule has 1 aromatic carbocycles. The molecule has 1 aromatic heterocycles. The molecule has 1 aliphatic heterocycles. The van der Waals surface area contributed by atoms with Crippen molar-refractivity contribution in [1.82, 2.24) is 4.98 Å². The van der Waals surface area contributed by atoms with Crippen molar-refractivity contribution in [1.29, 1.82) is 5.41 Å². The van der Waals surface area contributed by atoms with Crippen LogP contribution in [0.4, 0.5) is 5.69 Å². The lowest BCUT2D eigenvalue weighted by molar-refractivity contribution is 0.0343. The first-order valence-electron chi connectivity index (χ1n) is 9.20. The summed E-state index contributed by atoms with van der Waals surface area (Å²) < 4.78 is 17.8. The predicted molar refractivity (Wildman–Crippen MR) is 124 cm³/mol. The minimum absolute atomic E-state index is 0.0805. The van der Waals surface area contributed by atoms with E-state index in [0.717, 1.165) is 31.6 Å². The van der Waals surface area contributed by atoms with Crippen LogP contribution in [0, 0.1) is 5.41 Å². The SMILES string of the molecule is COc1cc(NC2CCCCO2)c(C(=N)I)cc1O[C@H](C)c1c(Cl)cncc1Cl. The topological polar surface area (TPSA) is 76.5 Å². The van der Waals surface area contributed by atoms with Crippen molar-refractivity contribution in [3.8, 4) is 11.5 Å². The highest BCUT2D eigenvalue weighted by Gasteiger charge is 2.22. The summed E-state index contributed by atoms with van der Waals surface area (Å²) in [6.07, 6.45) is 5.64. The normalized spacial score (nSPS) is 17.5. The van der Waals surface area contributed by atoms with Crippen LogP contribution in [0.5, 0.6) is 11.5 Å². The first-order valence-corrected chi connectivity index (χ1v) is 11.0. The Bertz CT molecular complexity index is 871. The zero-order valence-corrected chi connectivity index (χ0v) is 19.8. The summed E-state index contributed by atoms with van der Waals surface area (Å²) in [7, 11) is 1.58. The van der Waals surface area contributed by atoms with E-state index in [0.29, 0.717) is 36.4 Å². The van der Waals surface area contributed by atoms with Gasteiger partial charge >= 0.3 is 0 Å². The summed E-state index contributed by atoms with van der Waals surface area (Å²) in [5.41, 5.74) is 2.12. The van der Waals surface area contributed by atoms with E-state index in [2.05, 4.69) is 10.3 Å². The quantitative estimate of drug-likeness (QED) is 0.316. The molecule has 3 rings (SSSR count). The molecule has 2 atom stereocenters. The van der Waals surface area contributed by atoms with Crippen molar-refractivity contribution in [2.75, 3.05) is 19.0 Å². The van der Waals surface area contributed by atoms with Crippen LogP contribution in [-0.4, -0.2) is 28.6 Å². The van der Waals surface area contributed by atoms with Crippen molar-refractivity contribution in [3.05, 3.63) is 45.7 Å². The number of halogens is 3. The molecule has 0 aliphatic carbocycles. The fourth-order valence-electron chi connectivity index (χ4n) is 3.20. The largest absolute Gasteiger partial charge is 0.493 e. The molecule has 1 saturated heterocycles. The van der Waals surface area contributed by atoms with Gasteiger partial charge in [0.05, 0.1) is 17.2 Å². The van der Waals surface area contributed by atoms with Crippen LogP contribution in [0.15, 0.2) is 24.5 Å². The summed E-state index contributed by atoms with van der Waals surface area (Å²) in [4.78, 5) is 3.98. The van der Waals surface area contributed by atoms with Gasteiger partial charge in [-0.25, -0.2) is 0 Å². The Kier molecular flexibility index (Phi) is 7.84. The van der Waals surface area contributed by atoms with Crippen molar-refractivity contribution < 1.29 is 14.2 Å². The van der Waals surface area contributed by atoms with Crippen molar-refractivity contribution >= 4 is 55.2 Å². The Labute approximate surface area is 193 Å². The lowest BCUT2D eigenvalue weighted by Crippen LogP contribution is -2.27. The molecule has 0 bridgehead atoms. The maximum Gasteiger partial charge on any atom is 0.162 e. The Hall–Kier alpha value is -1.29. The molecular weight excluding hydrogens is 528 g/mol. The number of ether oxygens (including phenoxy) is 3. The molecule has 0 saturated carbocycles. The second-order valence-electron chi connectivity index (χ2n) is 6.64. The molecule has 2 N–H and O–H groups in total. The highest BCUT2D eigenvalue weighted by atomic mass is 127. The van der Waals surface area contributed by atoms with E-state index in [9.17, 15) is 0 Å². The van der Waals surface area contributed by atoms with Gasteiger partial charge in [0.2, 0.25) is 0 Å². The Morgan fingerprint density at radius 1 is 1.28 bits per heavy atom. The van der Waals surface area contributed by atoms with Crippen LogP contribution in [0.2, 0.25) is 10.0 Å². The maximum atomic E-state index is 8.19. The van der Waals surface area contributed by atoms with Crippen LogP contribution in [-0.2, 0) is 4.74 Å². The molecule has 2 aromatic rings. The fraction of sp³-hybridized carbons (Fsp3) is 0.400. The minimum atomic E-state index is -0.441. The van der Waals surface area contributed by atoms with Crippen LogP contribution in [0.25, 0.3) is 0 Å². The van der Waals surface area contributed by atoms with Gasteiger partial charge in [-0.1, -0.05) is 23.2 Å². The van der Waals surface area contributed by atoms with Crippen molar-refractivity contribution in [3.63, 3.8) is 0 Å². The average Bonchev–Trinajstić information content (AvgIpc) is 2.69. The number of aromatic nitrogens is 1. The van der Waals surface area contributed by atoms with Crippen LogP contribution >= 0.6 is 45.8 Å². The van der Waals surface area contributed by atoms with E-state index in [-0.39, 0.29) is 6.23 Å². The van der Waals surface area contributed by atoms with Gasteiger partial charge in [0.15, 0.2) is 11.5 Å². The zero-order chi connectivity index (χ0) is 21.0. The fourth-order valence-corrected chi connectivity index (χ4v) is 4.32. The average molecular weight is 550 g/mol. The zero-order valence-electron chi connectivity index (χ0n) is 16.1. The first-order chi connectivity index (χ1) is 13.9. The lowest BCUT2D eigenvalue weighted by Gasteiger charge is -2.26. The third-order valence-corrected chi connectivity index (χ3v) is 5.82. The molecule has 0 amide bonds. The predicted octanol–water partition coefficient (Wildman–Crippen LogP) is 6.24. The van der Waals surface area contributed by atoms with E-state index in [1.165, 1.54) is 12.4 Å². The van der Waals surface area contributed by atoms with Gasteiger partial charge in [0.1, 0.15) is 16.1 Å². The molecule has 0 spiro atoms. The smallest absolute Gasteiger partial charge is 0.162 e. The first kappa shape index (κ1) is 22.4. The molecule has 1 aliphatic rings. The number of nitrogens with zero attached hydrogens (tertiary/aromatic N) is 1. The van der Waals surface area contributed by atoms with E-state index in [1.807, 2.05) is 35.6 Å². The van der Waals surface area contributed by atoms with Crippen molar-refractivity contribution in [2.24, 2.45) is 0 Å². The molecule has 0 radical (unpaired) electrons. The summed E-state index contributed by atoms with van der Waals surface area (Å²) in [5, 5.41) is 12.4. The number of anilines is 1. The van der Waals surface area contributed by atoms with Crippen molar-refractivity contribution in [2.45, 2.75) is 38.5 Å². The third-order valence-electron chi connectivity index (χ3n) is 4.64. The molecule has 6 nitrogen and oxygen atoms in total. The number of benzene rings is 1. The van der Waals surface area contributed by atoms with E-state index >= 15 is 0 Å². The Morgan fingerprint density at radius 2 is 2.00 bits per heavy atom. The number of nitrogens with one attached hydrogen (secondary N) is 2. The molecule has 1 unspecified atom stereocenters. The van der Waals surface area contributed by atoms with Gasteiger partial charge in [-0.05, 0) is 54.8 Å². The van der Waals surface area contributed by atoms with E-state index in [1.54, 1.807) is 13.2 Å². The second kappa shape index (κ2) is 10.1. The summed E-state index contributed by atoms with van der Waals surface area (Å²) >= 11 is 14.5. The van der Waals surface area contributed by atoms with Crippen LogP contribution in [0.3, 0.4) is 0 Å². The third kappa shape index (κ3) is 5.45. The van der Waals surface area contributed by atoms with E-state index < -0.39 is 6.10 Å². The highest BCUT2D eigenvalue weighted by molar-refractivity contribution is 14.1. The second-order valence-corrected chi connectivity index (χ2v) is 8.53. The number of hydrogen-bond donors (Lipinski definition) is 2. The standard InChI is InChI=1S/C20H22Cl2IN3O3/c1-11(19-13(21)9-25-10-14(19)22)29-17-7-12(20(23)24)15(8-16(17)27-2)26-18-5-3-4-6-28-18/h7-11,18,24,26H,3-6H2,1-2H3/t11-,18?/m1/s1. The highest BCUT2D eigenvalue weighted by Crippen LogP contribution is 2.39. The van der Waals surface area contributed by atoms with Crippen LogP contribution in [0.1, 0.15) is 43.4 Å². The van der Waals surface area contributed by atoms with Gasteiger partial charge in [-0.3, -0.25) is 10.4 Å². The van der Waals surface area contributed by atoms with Gasteiger partial charge in [0, 0.05) is 41.9 Å². The number of rotatable bonds is 7. The summed E-state index contributed by atoms with van der Waals surface area (Å²) in [5.74, 6) is 1.04.